The molecule has 0 amide bonds. The van der Waals surface area contributed by atoms with Gasteiger partial charge in [-0.1, -0.05) is 182 Å². The fraction of sp³-hybridized carbons (Fsp3) is 0.0588. The van der Waals surface area contributed by atoms with E-state index in [0.29, 0.717) is 0 Å². The summed E-state index contributed by atoms with van der Waals surface area (Å²) in [6.45, 7) is 0. The number of aliphatic hydroxyl groups excluding tert-OH is 1. The molecule has 2 spiro atoms. The van der Waals surface area contributed by atoms with Gasteiger partial charge in [-0.3, -0.25) is 0 Å². The van der Waals surface area contributed by atoms with Crippen LogP contribution in [0.25, 0.3) is 44.5 Å². The Hall–Kier alpha value is -6.28. The van der Waals surface area contributed by atoms with Crippen LogP contribution in [0, 0.1) is 0 Å². The highest BCUT2D eigenvalue weighted by Gasteiger charge is 2.54. The van der Waals surface area contributed by atoms with E-state index in [0.717, 1.165) is 22.3 Å². The Bertz CT molecular complexity index is 2550. The molecule has 0 aromatic heterocycles. The molecule has 0 saturated heterocycles. The maximum Gasteiger partial charge on any atom is 0.105 e. The lowest BCUT2D eigenvalue weighted by molar-refractivity contribution is 0.221. The molecule has 0 bridgehead atoms. The number of aliphatic hydroxyl groups is 1. The Morgan fingerprint density at radius 3 is 0.846 bits per heavy atom. The zero-order valence-electron chi connectivity index (χ0n) is 28.3. The minimum atomic E-state index is -0.852. The van der Waals surface area contributed by atoms with Gasteiger partial charge >= 0.3 is 0 Å². The van der Waals surface area contributed by atoms with Crippen LogP contribution in [0.2, 0.25) is 0 Å². The molecular formula is C51H32O. The third kappa shape index (κ3) is 3.13. The first kappa shape index (κ1) is 28.4. The van der Waals surface area contributed by atoms with Crippen LogP contribution in [0.5, 0.6) is 0 Å². The molecule has 1 nitrogen and oxygen atoms in total. The first-order valence-electron chi connectivity index (χ1n) is 18.3. The Labute approximate surface area is 303 Å². The Balaban J connectivity index is 1.13. The van der Waals surface area contributed by atoms with Crippen molar-refractivity contribution < 1.29 is 5.11 Å². The van der Waals surface area contributed by atoms with Crippen molar-refractivity contribution >= 4 is 0 Å². The van der Waals surface area contributed by atoms with E-state index in [1.54, 1.807) is 0 Å². The summed E-state index contributed by atoms with van der Waals surface area (Å²) in [7, 11) is 0. The predicted molar refractivity (Wildman–Crippen MR) is 210 cm³/mol. The summed E-state index contributed by atoms with van der Waals surface area (Å²) in [6, 6.07) is 66.6. The SMILES string of the molecule is OC(c1cccc2c1-c1ccccc1C21c2ccccc2-c2ccccc21)c1cccc2c1-c1ccccc1C21c2ccccc2-c2ccccc21. The monoisotopic (exact) mass is 660 g/mol. The van der Waals surface area contributed by atoms with Crippen molar-refractivity contribution in [3.05, 3.63) is 238 Å². The molecule has 1 heteroatoms. The number of rotatable bonds is 2. The summed E-state index contributed by atoms with van der Waals surface area (Å²) in [5.41, 5.74) is 21.1. The zero-order valence-corrected chi connectivity index (χ0v) is 28.3. The second kappa shape index (κ2) is 9.94. The quantitative estimate of drug-likeness (QED) is 0.196. The molecule has 8 aromatic rings. The molecule has 0 aliphatic heterocycles. The zero-order chi connectivity index (χ0) is 34.2. The molecular weight excluding hydrogens is 629 g/mol. The van der Waals surface area contributed by atoms with Gasteiger partial charge in [-0.2, -0.15) is 0 Å². The second-order valence-electron chi connectivity index (χ2n) is 14.7. The van der Waals surface area contributed by atoms with E-state index in [4.69, 9.17) is 0 Å². The molecule has 242 valence electrons. The molecule has 0 saturated carbocycles. The van der Waals surface area contributed by atoms with Crippen LogP contribution < -0.4 is 0 Å². The Morgan fingerprint density at radius 2 is 0.519 bits per heavy atom. The molecule has 0 heterocycles. The van der Waals surface area contributed by atoms with Gasteiger partial charge < -0.3 is 5.11 Å². The van der Waals surface area contributed by atoms with E-state index in [1.807, 2.05) is 0 Å². The number of hydrogen-bond donors (Lipinski definition) is 1. The molecule has 1 N–H and O–H groups in total. The van der Waals surface area contributed by atoms with Crippen LogP contribution in [-0.2, 0) is 10.8 Å². The fourth-order valence-corrected chi connectivity index (χ4v) is 11.0. The number of benzene rings is 8. The lowest BCUT2D eigenvalue weighted by Crippen LogP contribution is -2.26. The van der Waals surface area contributed by atoms with Gasteiger partial charge in [-0.25, -0.2) is 0 Å². The van der Waals surface area contributed by atoms with Crippen molar-refractivity contribution in [2.45, 2.75) is 16.9 Å². The van der Waals surface area contributed by atoms with Crippen LogP contribution >= 0.6 is 0 Å². The van der Waals surface area contributed by atoms with E-state index < -0.39 is 16.9 Å². The Morgan fingerprint density at radius 1 is 0.269 bits per heavy atom. The standard InChI is InChI=1S/C51H32O/c52-49(37-21-13-29-45-47(37)35-19-5-11-27-43(35)50(45)39-23-7-1-15-31(39)32-16-2-8-24-40(32)50)38-22-14-30-46-48(38)36-20-6-12-28-44(36)51(46)41-25-9-3-17-33(41)34-18-4-10-26-42(34)51/h1-30,49,52H. The fourth-order valence-electron chi connectivity index (χ4n) is 11.0. The van der Waals surface area contributed by atoms with Crippen LogP contribution in [0.4, 0.5) is 0 Å². The summed E-state index contributed by atoms with van der Waals surface area (Å²) in [5, 5.41) is 13.0. The first-order chi connectivity index (χ1) is 25.8. The molecule has 8 aromatic carbocycles. The first-order valence-corrected chi connectivity index (χ1v) is 18.3. The number of hydrogen-bond acceptors (Lipinski definition) is 1. The van der Waals surface area contributed by atoms with Crippen LogP contribution in [0.15, 0.2) is 182 Å². The van der Waals surface area contributed by atoms with E-state index in [-0.39, 0.29) is 0 Å². The summed E-state index contributed by atoms with van der Waals surface area (Å²) >= 11 is 0. The Kier molecular flexibility index (Phi) is 5.43. The third-order valence-electron chi connectivity index (χ3n) is 12.7. The van der Waals surface area contributed by atoms with Gasteiger partial charge in [0, 0.05) is 0 Å². The van der Waals surface area contributed by atoms with Crippen molar-refractivity contribution in [1.82, 2.24) is 0 Å². The maximum atomic E-state index is 13.0. The lowest BCUT2D eigenvalue weighted by atomic mass is 9.70. The molecule has 12 rings (SSSR count). The molecule has 0 atom stereocenters. The van der Waals surface area contributed by atoms with Crippen molar-refractivity contribution in [3.8, 4) is 44.5 Å². The normalized spacial score (nSPS) is 15.1. The molecule has 52 heavy (non-hydrogen) atoms. The van der Waals surface area contributed by atoms with Crippen LogP contribution in [0.1, 0.15) is 61.7 Å². The van der Waals surface area contributed by atoms with Gasteiger partial charge in [0.1, 0.15) is 6.10 Å². The molecule has 0 radical (unpaired) electrons. The number of fused-ring (bicyclic) bond motifs is 20. The van der Waals surface area contributed by atoms with Crippen LogP contribution in [-0.4, -0.2) is 5.11 Å². The third-order valence-corrected chi connectivity index (χ3v) is 12.7. The van der Waals surface area contributed by atoms with Gasteiger partial charge in [0.2, 0.25) is 0 Å². The van der Waals surface area contributed by atoms with Gasteiger partial charge in [-0.15, -0.1) is 0 Å². The average molecular weight is 661 g/mol. The van der Waals surface area contributed by atoms with E-state index in [1.165, 1.54) is 77.9 Å². The van der Waals surface area contributed by atoms with Crippen molar-refractivity contribution in [2.75, 3.05) is 0 Å². The van der Waals surface area contributed by atoms with Crippen LogP contribution in [0.3, 0.4) is 0 Å². The molecule has 4 aliphatic rings. The van der Waals surface area contributed by atoms with E-state index >= 15 is 0 Å². The van der Waals surface area contributed by atoms with Crippen molar-refractivity contribution in [3.63, 3.8) is 0 Å². The molecule has 0 fully saturated rings. The molecule has 4 aliphatic carbocycles. The predicted octanol–water partition coefficient (Wildman–Crippen LogP) is 11.5. The summed E-state index contributed by atoms with van der Waals surface area (Å²) in [4.78, 5) is 0. The van der Waals surface area contributed by atoms with Gasteiger partial charge in [0.15, 0.2) is 0 Å². The highest BCUT2D eigenvalue weighted by Crippen LogP contribution is 2.66. The van der Waals surface area contributed by atoms with Crippen molar-refractivity contribution in [1.29, 1.82) is 0 Å². The van der Waals surface area contributed by atoms with Gasteiger partial charge in [0.05, 0.1) is 10.8 Å². The van der Waals surface area contributed by atoms with E-state index in [9.17, 15) is 5.11 Å². The lowest BCUT2D eigenvalue weighted by Gasteiger charge is -2.31. The van der Waals surface area contributed by atoms with E-state index in [2.05, 4.69) is 182 Å². The minimum absolute atomic E-state index is 0.457. The summed E-state index contributed by atoms with van der Waals surface area (Å²) in [6.07, 6.45) is -0.852. The summed E-state index contributed by atoms with van der Waals surface area (Å²) in [5.74, 6) is 0. The molecule has 0 unspecified atom stereocenters. The largest absolute Gasteiger partial charge is 0.384 e. The highest BCUT2D eigenvalue weighted by atomic mass is 16.3. The average Bonchev–Trinajstić information content (AvgIpc) is 3.90. The van der Waals surface area contributed by atoms with Crippen molar-refractivity contribution in [2.24, 2.45) is 0 Å². The van der Waals surface area contributed by atoms with Gasteiger partial charge in [-0.05, 0) is 100 Å². The van der Waals surface area contributed by atoms with Gasteiger partial charge in [0.25, 0.3) is 0 Å². The topological polar surface area (TPSA) is 20.2 Å². The second-order valence-corrected chi connectivity index (χ2v) is 14.7. The smallest absolute Gasteiger partial charge is 0.105 e. The summed E-state index contributed by atoms with van der Waals surface area (Å²) < 4.78 is 0. The highest BCUT2D eigenvalue weighted by molar-refractivity contribution is 5.98. The minimum Gasteiger partial charge on any atom is -0.384 e. The maximum absolute atomic E-state index is 13.0.